The lowest BCUT2D eigenvalue weighted by Crippen LogP contribution is -2.47. The number of Topliss-reactive ketones (excluding diaryl/α,β-unsaturated/α-hetero) is 1. The highest BCUT2D eigenvalue weighted by molar-refractivity contribution is 7.99. The molecule has 1 heterocycles. The molecule has 31 heavy (non-hydrogen) atoms. The molecule has 0 aliphatic carbocycles. The van der Waals surface area contributed by atoms with Crippen LogP contribution in [0.2, 0.25) is 5.02 Å². The minimum absolute atomic E-state index is 0.0370. The first-order valence-corrected chi connectivity index (χ1v) is 11.2. The number of anilines is 1. The summed E-state index contributed by atoms with van der Waals surface area (Å²) in [6, 6.07) is 9.59. The molecule has 1 saturated heterocycles. The molecule has 2 aromatic carbocycles. The maximum Gasteiger partial charge on any atom is 0.398 e. The molecule has 0 radical (unpaired) electrons. The molecule has 0 bridgehead atoms. The van der Waals surface area contributed by atoms with Gasteiger partial charge in [0, 0.05) is 54.6 Å². The Balaban J connectivity index is 1.55. The van der Waals surface area contributed by atoms with Crippen molar-refractivity contribution in [1.29, 1.82) is 0 Å². The highest BCUT2D eigenvalue weighted by Gasteiger charge is 2.28. The van der Waals surface area contributed by atoms with E-state index in [1.807, 2.05) is 4.90 Å². The highest BCUT2D eigenvalue weighted by atomic mass is 35.5. The maximum atomic E-state index is 14.5. The van der Waals surface area contributed by atoms with Gasteiger partial charge in [0.2, 0.25) is 0 Å². The van der Waals surface area contributed by atoms with Crippen LogP contribution in [-0.4, -0.2) is 55.3 Å². The molecule has 0 unspecified atom stereocenters. The molecule has 1 aliphatic rings. The molecule has 0 amide bonds. The Bertz CT molecular complexity index is 913. The second-order valence-corrected chi connectivity index (χ2v) is 8.94. The van der Waals surface area contributed by atoms with E-state index in [1.165, 1.54) is 12.1 Å². The minimum Gasteiger partial charge on any atom is -0.367 e. The van der Waals surface area contributed by atoms with Crippen molar-refractivity contribution in [2.24, 2.45) is 0 Å². The van der Waals surface area contributed by atoms with E-state index >= 15 is 0 Å². The first-order valence-electron chi connectivity index (χ1n) is 9.88. The summed E-state index contributed by atoms with van der Waals surface area (Å²) in [4.78, 5) is 16.7. The SMILES string of the molecule is Cc1cc(F)c(N2CCN(CCC(=O)c3ccc(Cl)cc3)CC2)cc1SCC(F)(F)F. The number of nitrogens with zero attached hydrogens (tertiary/aromatic N) is 2. The third-order valence-electron chi connectivity index (χ3n) is 5.17. The summed E-state index contributed by atoms with van der Waals surface area (Å²) in [5.74, 6) is -1.40. The Hall–Kier alpha value is -1.77. The van der Waals surface area contributed by atoms with Gasteiger partial charge < -0.3 is 4.90 Å². The number of carbonyl (C=O) groups excluding carboxylic acids is 1. The molecule has 1 fully saturated rings. The van der Waals surface area contributed by atoms with Crippen LogP contribution in [0.3, 0.4) is 0 Å². The van der Waals surface area contributed by atoms with Gasteiger partial charge in [0.15, 0.2) is 5.78 Å². The standard InChI is InChI=1S/C22H23ClF4N2OS/c1-15-12-18(24)19(13-21(15)31-14-22(25,26)27)29-10-8-28(9-11-29)7-6-20(30)16-2-4-17(23)5-3-16/h2-5,12-13H,6-11,14H2,1H3. The number of hydrogen-bond acceptors (Lipinski definition) is 4. The molecule has 0 atom stereocenters. The smallest absolute Gasteiger partial charge is 0.367 e. The third-order valence-corrected chi connectivity index (χ3v) is 6.64. The number of aryl methyl sites for hydroxylation is 1. The predicted octanol–water partition coefficient (Wildman–Crippen LogP) is 5.84. The second kappa shape index (κ2) is 10.2. The number of benzene rings is 2. The van der Waals surface area contributed by atoms with Crippen molar-refractivity contribution >= 4 is 34.8 Å². The van der Waals surface area contributed by atoms with E-state index in [1.54, 1.807) is 31.2 Å². The number of halogens is 5. The van der Waals surface area contributed by atoms with Crippen molar-refractivity contribution in [2.75, 3.05) is 43.4 Å². The summed E-state index contributed by atoms with van der Waals surface area (Å²) < 4.78 is 52.2. The fraction of sp³-hybridized carbons (Fsp3) is 0.409. The summed E-state index contributed by atoms with van der Waals surface area (Å²) >= 11 is 6.52. The van der Waals surface area contributed by atoms with E-state index in [9.17, 15) is 22.4 Å². The number of hydrogen-bond donors (Lipinski definition) is 0. The van der Waals surface area contributed by atoms with Gasteiger partial charge in [-0.3, -0.25) is 9.69 Å². The summed E-state index contributed by atoms with van der Waals surface area (Å²) in [6.45, 7) is 4.58. The van der Waals surface area contributed by atoms with Crippen LogP contribution in [0.15, 0.2) is 41.3 Å². The zero-order valence-electron chi connectivity index (χ0n) is 17.0. The third kappa shape index (κ3) is 6.85. The quantitative estimate of drug-likeness (QED) is 0.286. The van der Waals surface area contributed by atoms with Crippen LogP contribution in [0.1, 0.15) is 22.3 Å². The topological polar surface area (TPSA) is 23.6 Å². The number of thioether (sulfide) groups is 1. The molecule has 9 heteroatoms. The van der Waals surface area contributed by atoms with Crippen LogP contribution in [0, 0.1) is 12.7 Å². The molecular weight excluding hydrogens is 452 g/mol. The van der Waals surface area contributed by atoms with Gasteiger partial charge in [-0.05, 0) is 48.9 Å². The Morgan fingerprint density at radius 2 is 1.74 bits per heavy atom. The van der Waals surface area contributed by atoms with E-state index in [-0.39, 0.29) is 5.78 Å². The molecule has 3 nitrogen and oxygen atoms in total. The van der Waals surface area contributed by atoms with Gasteiger partial charge in [0.1, 0.15) is 5.82 Å². The van der Waals surface area contributed by atoms with Crippen LogP contribution in [0.25, 0.3) is 0 Å². The molecule has 1 aliphatic heterocycles. The average Bonchev–Trinajstić information content (AvgIpc) is 2.72. The Kier molecular flexibility index (Phi) is 7.88. The lowest BCUT2D eigenvalue weighted by Gasteiger charge is -2.36. The summed E-state index contributed by atoms with van der Waals surface area (Å²) in [6.07, 6.45) is -3.90. The Morgan fingerprint density at radius 3 is 2.35 bits per heavy atom. The van der Waals surface area contributed by atoms with Crippen LogP contribution < -0.4 is 4.90 Å². The number of piperazine rings is 1. The van der Waals surface area contributed by atoms with Crippen molar-refractivity contribution in [1.82, 2.24) is 4.90 Å². The summed E-state index contributed by atoms with van der Waals surface area (Å²) in [5, 5.41) is 0.580. The van der Waals surface area contributed by atoms with Gasteiger partial charge in [-0.2, -0.15) is 13.2 Å². The van der Waals surface area contributed by atoms with Crippen molar-refractivity contribution in [3.05, 3.63) is 58.4 Å². The Labute approximate surface area is 188 Å². The minimum atomic E-state index is -4.28. The Morgan fingerprint density at radius 1 is 1.10 bits per heavy atom. The van der Waals surface area contributed by atoms with Crippen LogP contribution in [-0.2, 0) is 0 Å². The lowest BCUT2D eigenvalue weighted by molar-refractivity contribution is -0.105. The molecule has 0 saturated carbocycles. The number of rotatable bonds is 7. The average molecular weight is 475 g/mol. The van der Waals surface area contributed by atoms with Gasteiger partial charge in [-0.1, -0.05) is 11.6 Å². The van der Waals surface area contributed by atoms with Crippen molar-refractivity contribution in [3.8, 4) is 0 Å². The lowest BCUT2D eigenvalue weighted by atomic mass is 10.1. The van der Waals surface area contributed by atoms with E-state index in [0.29, 0.717) is 77.6 Å². The normalized spacial score (nSPS) is 15.4. The first kappa shape index (κ1) is 23.9. The molecule has 3 rings (SSSR count). The van der Waals surface area contributed by atoms with E-state index in [2.05, 4.69) is 4.90 Å². The highest BCUT2D eigenvalue weighted by Crippen LogP contribution is 2.34. The maximum absolute atomic E-state index is 14.5. The summed E-state index contributed by atoms with van der Waals surface area (Å²) in [7, 11) is 0. The molecule has 168 valence electrons. The number of alkyl halides is 3. The second-order valence-electron chi connectivity index (χ2n) is 7.48. The van der Waals surface area contributed by atoms with Crippen LogP contribution in [0.5, 0.6) is 0 Å². The zero-order chi connectivity index (χ0) is 22.6. The van der Waals surface area contributed by atoms with Crippen molar-refractivity contribution < 1.29 is 22.4 Å². The van der Waals surface area contributed by atoms with E-state index < -0.39 is 17.7 Å². The van der Waals surface area contributed by atoms with Gasteiger partial charge >= 0.3 is 6.18 Å². The van der Waals surface area contributed by atoms with Crippen LogP contribution >= 0.6 is 23.4 Å². The van der Waals surface area contributed by atoms with E-state index in [4.69, 9.17) is 11.6 Å². The van der Waals surface area contributed by atoms with E-state index in [0.717, 1.165) is 0 Å². The monoisotopic (exact) mass is 474 g/mol. The molecule has 2 aromatic rings. The van der Waals surface area contributed by atoms with Gasteiger partial charge in [0.05, 0.1) is 11.4 Å². The molecule has 0 N–H and O–H groups in total. The first-order chi connectivity index (χ1) is 14.6. The molecule has 0 aromatic heterocycles. The van der Waals surface area contributed by atoms with Gasteiger partial charge in [-0.25, -0.2) is 4.39 Å². The number of ketones is 1. The molecular formula is C22H23ClF4N2OS. The van der Waals surface area contributed by atoms with Gasteiger partial charge in [0.25, 0.3) is 0 Å². The fourth-order valence-electron chi connectivity index (χ4n) is 3.45. The van der Waals surface area contributed by atoms with Crippen molar-refractivity contribution in [2.45, 2.75) is 24.4 Å². The zero-order valence-corrected chi connectivity index (χ0v) is 18.6. The van der Waals surface area contributed by atoms with Gasteiger partial charge in [-0.15, -0.1) is 11.8 Å². The number of carbonyl (C=O) groups is 1. The molecule has 0 spiro atoms. The predicted molar refractivity (Wildman–Crippen MR) is 117 cm³/mol. The van der Waals surface area contributed by atoms with Crippen LogP contribution in [0.4, 0.5) is 23.2 Å². The summed E-state index contributed by atoms with van der Waals surface area (Å²) in [5.41, 5.74) is 1.44. The largest absolute Gasteiger partial charge is 0.398 e. The van der Waals surface area contributed by atoms with Crippen molar-refractivity contribution in [3.63, 3.8) is 0 Å². The fourth-order valence-corrected chi connectivity index (χ4v) is 4.38.